The summed E-state index contributed by atoms with van der Waals surface area (Å²) in [4.78, 5) is 2.20. The van der Waals surface area contributed by atoms with Crippen LogP contribution >= 0.6 is 0 Å². The molecule has 4 heteroatoms. The highest BCUT2D eigenvalue weighted by molar-refractivity contribution is 5.74. The first-order valence-electron chi connectivity index (χ1n) is 6.50. The Labute approximate surface area is 109 Å². The summed E-state index contributed by atoms with van der Waals surface area (Å²) in [7, 11) is 2.07. The normalized spacial score (nSPS) is 23.1. The van der Waals surface area contributed by atoms with E-state index in [0.717, 1.165) is 24.5 Å². The van der Waals surface area contributed by atoms with Gasteiger partial charge in [0.1, 0.15) is 5.75 Å². The van der Waals surface area contributed by atoms with E-state index >= 15 is 0 Å². The summed E-state index contributed by atoms with van der Waals surface area (Å²) in [5, 5.41) is 0. The summed E-state index contributed by atoms with van der Waals surface area (Å²) in [5.41, 5.74) is 7.90. The van der Waals surface area contributed by atoms with Crippen molar-refractivity contribution in [3.63, 3.8) is 0 Å². The number of hydrogen-bond donors (Lipinski definition) is 1. The third kappa shape index (κ3) is 2.38. The van der Waals surface area contributed by atoms with E-state index in [0.29, 0.717) is 18.3 Å². The maximum Gasteiger partial charge on any atom is 0.144 e. The van der Waals surface area contributed by atoms with Crippen molar-refractivity contribution in [1.29, 1.82) is 0 Å². The van der Waals surface area contributed by atoms with Crippen molar-refractivity contribution >= 4 is 11.4 Å². The number of ether oxygens (including phenoxy) is 2. The van der Waals surface area contributed by atoms with Crippen LogP contribution < -0.4 is 15.4 Å². The molecule has 0 aromatic heterocycles. The predicted molar refractivity (Wildman–Crippen MR) is 74.2 cm³/mol. The molecule has 18 heavy (non-hydrogen) atoms. The average Bonchev–Trinajstić information content (AvgIpc) is 2.78. The number of likely N-dealkylation sites (N-methyl/N-ethyl adjacent to an activating group) is 1. The predicted octanol–water partition coefficient (Wildman–Crippen LogP) is 2.28. The van der Waals surface area contributed by atoms with Gasteiger partial charge in [-0.1, -0.05) is 6.07 Å². The maximum absolute atomic E-state index is 6.18. The summed E-state index contributed by atoms with van der Waals surface area (Å²) in [6.45, 7) is 5.51. The quantitative estimate of drug-likeness (QED) is 0.833. The number of para-hydroxylation sites is 1. The fraction of sp³-hybridized carbons (Fsp3) is 0.571. The van der Waals surface area contributed by atoms with E-state index in [1.165, 1.54) is 0 Å². The topological polar surface area (TPSA) is 47.7 Å². The molecule has 0 bridgehead atoms. The molecule has 2 unspecified atom stereocenters. The van der Waals surface area contributed by atoms with Crippen LogP contribution in [-0.2, 0) is 4.74 Å². The monoisotopic (exact) mass is 250 g/mol. The maximum atomic E-state index is 6.18. The fourth-order valence-corrected chi connectivity index (χ4v) is 2.53. The molecular formula is C14H22N2O2. The van der Waals surface area contributed by atoms with Gasteiger partial charge >= 0.3 is 0 Å². The molecule has 0 aliphatic carbocycles. The number of nitrogen functional groups attached to an aromatic ring is 1. The van der Waals surface area contributed by atoms with Gasteiger partial charge in [0.05, 0.1) is 30.1 Å². The number of hydrogen-bond acceptors (Lipinski definition) is 4. The molecule has 1 aliphatic heterocycles. The van der Waals surface area contributed by atoms with Gasteiger partial charge in [0, 0.05) is 13.7 Å². The van der Waals surface area contributed by atoms with Crippen molar-refractivity contribution in [2.75, 3.05) is 30.9 Å². The molecular weight excluding hydrogens is 228 g/mol. The second-order valence-corrected chi connectivity index (χ2v) is 4.66. The first kappa shape index (κ1) is 13.0. The number of nitrogens with two attached hydrogens (primary N) is 1. The average molecular weight is 250 g/mol. The highest BCUT2D eigenvalue weighted by atomic mass is 16.5. The SMILES string of the molecule is CCOc1cccc(N(C)C2CCOC2C)c1N. The number of rotatable bonds is 4. The minimum Gasteiger partial charge on any atom is -0.492 e. The summed E-state index contributed by atoms with van der Waals surface area (Å²) in [6.07, 6.45) is 1.28. The van der Waals surface area contributed by atoms with Gasteiger partial charge in [0.25, 0.3) is 0 Å². The smallest absolute Gasteiger partial charge is 0.144 e. The molecule has 0 saturated carbocycles. The van der Waals surface area contributed by atoms with Gasteiger partial charge in [0.15, 0.2) is 0 Å². The Morgan fingerprint density at radius 2 is 2.28 bits per heavy atom. The Hall–Kier alpha value is -1.42. The van der Waals surface area contributed by atoms with Crippen molar-refractivity contribution in [3.05, 3.63) is 18.2 Å². The third-order valence-electron chi connectivity index (χ3n) is 3.56. The number of benzene rings is 1. The van der Waals surface area contributed by atoms with E-state index in [1.807, 2.05) is 25.1 Å². The zero-order chi connectivity index (χ0) is 13.1. The van der Waals surface area contributed by atoms with Crippen molar-refractivity contribution in [1.82, 2.24) is 0 Å². The van der Waals surface area contributed by atoms with E-state index in [-0.39, 0.29) is 6.10 Å². The first-order chi connectivity index (χ1) is 8.65. The molecule has 0 radical (unpaired) electrons. The molecule has 1 aromatic carbocycles. The highest BCUT2D eigenvalue weighted by Gasteiger charge is 2.29. The first-order valence-corrected chi connectivity index (χ1v) is 6.50. The molecule has 2 N–H and O–H groups in total. The van der Waals surface area contributed by atoms with E-state index < -0.39 is 0 Å². The summed E-state index contributed by atoms with van der Waals surface area (Å²) >= 11 is 0. The number of anilines is 2. The molecule has 1 saturated heterocycles. The summed E-state index contributed by atoms with van der Waals surface area (Å²) < 4.78 is 11.1. The summed E-state index contributed by atoms with van der Waals surface area (Å²) in [5.74, 6) is 0.758. The minimum absolute atomic E-state index is 0.241. The third-order valence-corrected chi connectivity index (χ3v) is 3.56. The zero-order valence-corrected chi connectivity index (χ0v) is 11.3. The van der Waals surface area contributed by atoms with Crippen LogP contribution in [0.4, 0.5) is 11.4 Å². The van der Waals surface area contributed by atoms with Crippen LogP contribution in [0.25, 0.3) is 0 Å². The standard InChI is InChI=1S/C14H22N2O2/c1-4-17-13-7-5-6-12(14(13)15)16(3)11-8-9-18-10(11)2/h5-7,10-11H,4,8-9,15H2,1-3H3. The zero-order valence-electron chi connectivity index (χ0n) is 11.3. The van der Waals surface area contributed by atoms with Crippen LogP contribution in [0, 0.1) is 0 Å². The molecule has 1 aliphatic rings. The Morgan fingerprint density at radius 1 is 1.50 bits per heavy atom. The van der Waals surface area contributed by atoms with Gasteiger partial charge in [-0.2, -0.15) is 0 Å². The minimum atomic E-state index is 0.241. The van der Waals surface area contributed by atoms with Gasteiger partial charge < -0.3 is 20.1 Å². The highest BCUT2D eigenvalue weighted by Crippen LogP contribution is 2.34. The van der Waals surface area contributed by atoms with Crippen LogP contribution in [0.3, 0.4) is 0 Å². The molecule has 1 fully saturated rings. The molecule has 2 atom stereocenters. The Morgan fingerprint density at radius 3 is 2.89 bits per heavy atom. The number of nitrogens with zero attached hydrogens (tertiary/aromatic N) is 1. The summed E-state index contributed by atoms with van der Waals surface area (Å²) in [6, 6.07) is 6.30. The van der Waals surface area contributed by atoms with Crippen molar-refractivity contribution < 1.29 is 9.47 Å². The van der Waals surface area contributed by atoms with E-state index in [4.69, 9.17) is 15.2 Å². The lowest BCUT2D eigenvalue weighted by molar-refractivity contribution is 0.118. The van der Waals surface area contributed by atoms with E-state index in [9.17, 15) is 0 Å². The van der Waals surface area contributed by atoms with Crippen LogP contribution in [0.15, 0.2) is 18.2 Å². The van der Waals surface area contributed by atoms with Crippen LogP contribution in [-0.4, -0.2) is 32.4 Å². The van der Waals surface area contributed by atoms with Gasteiger partial charge in [0.2, 0.25) is 0 Å². The fourth-order valence-electron chi connectivity index (χ4n) is 2.53. The van der Waals surface area contributed by atoms with Gasteiger partial charge in [-0.3, -0.25) is 0 Å². The molecule has 4 nitrogen and oxygen atoms in total. The Bertz CT molecular complexity index is 409. The second-order valence-electron chi connectivity index (χ2n) is 4.66. The Kier molecular flexibility index (Phi) is 3.97. The molecule has 2 rings (SSSR count). The Balaban J connectivity index is 2.24. The lowest BCUT2D eigenvalue weighted by Crippen LogP contribution is -2.37. The van der Waals surface area contributed by atoms with E-state index in [2.05, 4.69) is 18.9 Å². The lowest BCUT2D eigenvalue weighted by Gasteiger charge is -2.30. The van der Waals surface area contributed by atoms with Crippen molar-refractivity contribution in [2.45, 2.75) is 32.4 Å². The van der Waals surface area contributed by atoms with Crippen molar-refractivity contribution in [3.8, 4) is 5.75 Å². The largest absolute Gasteiger partial charge is 0.492 e. The molecule has 1 aromatic rings. The van der Waals surface area contributed by atoms with Gasteiger partial charge in [-0.05, 0) is 32.4 Å². The second kappa shape index (κ2) is 5.48. The van der Waals surface area contributed by atoms with E-state index in [1.54, 1.807) is 0 Å². The van der Waals surface area contributed by atoms with Crippen LogP contribution in [0.5, 0.6) is 5.75 Å². The van der Waals surface area contributed by atoms with Crippen LogP contribution in [0.2, 0.25) is 0 Å². The molecule has 0 amide bonds. The van der Waals surface area contributed by atoms with Crippen molar-refractivity contribution in [2.24, 2.45) is 0 Å². The molecule has 0 spiro atoms. The molecule has 100 valence electrons. The molecule has 1 heterocycles. The van der Waals surface area contributed by atoms with Gasteiger partial charge in [-0.15, -0.1) is 0 Å². The van der Waals surface area contributed by atoms with Crippen LogP contribution in [0.1, 0.15) is 20.3 Å². The lowest BCUT2D eigenvalue weighted by atomic mass is 10.1. The van der Waals surface area contributed by atoms with Gasteiger partial charge in [-0.25, -0.2) is 0 Å².